The van der Waals surface area contributed by atoms with E-state index in [2.05, 4.69) is 21.7 Å². The van der Waals surface area contributed by atoms with Gasteiger partial charge in [0.1, 0.15) is 5.69 Å². The van der Waals surface area contributed by atoms with Crippen LogP contribution in [-0.4, -0.2) is 28.0 Å². The summed E-state index contributed by atoms with van der Waals surface area (Å²) < 4.78 is 2.10. The number of rotatable bonds is 2. The molecule has 1 aromatic rings. The lowest BCUT2D eigenvalue weighted by molar-refractivity contribution is 0.111. The van der Waals surface area contributed by atoms with Crippen LogP contribution in [0.4, 0.5) is 0 Å². The third-order valence-electron chi connectivity index (χ3n) is 3.53. The molecule has 1 aromatic heterocycles. The van der Waals surface area contributed by atoms with E-state index in [-0.39, 0.29) is 0 Å². The van der Waals surface area contributed by atoms with Crippen molar-refractivity contribution in [2.45, 2.75) is 38.4 Å². The van der Waals surface area contributed by atoms with E-state index in [1.807, 2.05) is 0 Å². The van der Waals surface area contributed by atoms with Crippen LogP contribution in [0, 0.1) is 0 Å². The van der Waals surface area contributed by atoms with Gasteiger partial charge in [-0.2, -0.15) is 5.10 Å². The molecule has 1 aliphatic carbocycles. The highest BCUT2D eigenvalue weighted by Gasteiger charge is 2.30. The summed E-state index contributed by atoms with van der Waals surface area (Å²) in [4.78, 5) is 13.2. The predicted octanol–water partition coefficient (Wildman–Crippen LogP) is 1.37. The van der Waals surface area contributed by atoms with E-state index < -0.39 is 0 Å². The van der Waals surface area contributed by atoms with Crippen molar-refractivity contribution < 1.29 is 4.79 Å². The Morgan fingerprint density at radius 3 is 2.80 bits per heavy atom. The fourth-order valence-corrected chi connectivity index (χ4v) is 2.47. The molecule has 0 aromatic carbocycles. The molecule has 1 saturated carbocycles. The first-order valence-electron chi connectivity index (χ1n) is 5.53. The van der Waals surface area contributed by atoms with Crippen molar-refractivity contribution in [3.63, 3.8) is 0 Å². The lowest BCUT2D eigenvalue weighted by Crippen LogP contribution is -2.21. The molecule has 4 heteroatoms. The standard InChI is InChI=1S/C11H15N3O/c1-13-5-9-10(7-15)12-14(11(9)6-13)8-3-2-4-8/h7-8H,2-6H2,1H3. The molecule has 0 saturated heterocycles. The first-order valence-corrected chi connectivity index (χ1v) is 5.53. The molecule has 2 heterocycles. The molecule has 0 unspecified atom stereocenters. The van der Waals surface area contributed by atoms with Gasteiger partial charge in [0.25, 0.3) is 0 Å². The van der Waals surface area contributed by atoms with Crippen LogP contribution in [0.15, 0.2) is 0 Å². The van der Waals surface area contributed by atoms with E-state index in [4.69, 9.17) is 0 Å². The molecule has 4 nitrogen and oxygen atoms in total. The molecule has 80 valence electrons. The molecule has 1 fully saturated rings. The normalized spacial score (nSPS) is 21.4. The highest BCUT2D eigenvalue weighted by Crippen LogP contribution is 2.35. The average Bonchev–Trinajstić information content (AvgIpc) is 2.62. The largest absolute Gasteiger partial charge is 0.296 e. The molecule has 0 bridgehead atoms. The van der Waals surface area contributed by atoms with Gasteiger partial charge >= 0.3 is 0 Å². The molecular formula is C11H15N3O. The van der Waals surface area contributed by atoms with Crippen LogP contribution in [0.25, 0.3) is 0 Å². The number of aromatic nitrogens is 2. The van der Waals surface area contributed by atoms with Crippen LogP contribution in [0.2, 0.25) is 0 Å². The van der Waals surface area contributed by atoms with Crippen LogP contribution >= 0.6 is 0 Å². The van der Waals surface area contributed by atoms with Gasteiger partial charge in [0, 0.05) is 18.7 Å². The number of carbonyl (C=O) groups is 1. The third kappa shape index (κ3) is 1.24. The van der Waals surface area contributed by atoms with Crippen LogP contribution in [0.1, 0.15) is 47.1 Å². The first-order chi connectivity index (χ1) is 7.29. The molecule has 15 heavy (non-hydrogen) atoms. The van der Waals surface area contributed by atoms with Crippen LogP contribution in [-0.2, 0) is 13.1 Å². The van der Waals surface area contributed by atoms with E-state index in [0.29, 0.717) is 11.7 Å². The average molecular weight is 205 g/mol. The van der Waals surface area contributed by atoms with Crippen molar-refractivity contribution in [3.05, 3.63) is 17.0 Å². The van der Waals surface area contributed by atoms with Crippen molar-refractivity contribution in [3.8, 4) is 0 Å². The minimum absolute atomic E-state index is 0.555. The zero-order valence-electron chi connectivity index (χ0n) is 8.94. The van der Waals surface area contributed by atoms with E-state index in [1.165, 1.54) is 25.0 Å². The molecule has 2 aliphatic rings. The van der Waals surface area contributed by atoms with Gasteiger partial charge in [0.15, 0.2) is 6.29 Å². The maximum Gasteiger partial charge on any atom is 0.170 e. The number of hydrogen-bond acceptors (Lipinski definition) is 3. The van der Waals surface area contributed by atoms with E-state index in [1.54, 1.807) is 0 Å². The zero-order chi connectivity index (χ0) is 10.4. The van der Waals surface area contributed by atoms with Crippen molar-refractivity contribution in [2.24, 2.45) is 0 Å². The third-order valence-corrected chi connectivity index (χ3v) is 3.53. The van der Waals surface area contributed by atoms with E-state index in [9.17, 15) is 4.79 Å². The Hall–Kier alpha value is -1.16. The van der Waals surface area contributed by atoms with Gasteiger partial charge in [0.05, 0.1) is 11.7 Å². The maximum absolute atomic E-state index is 10.9. The van der Waals surface area contributed by atoms with Gasteiger partial charge in [-0.3, -0.25) is 14.4 Å². The molecule has 3 rings (SSSR count). The van der Waals surface area contributed by atoms with Crippen LogP contribution < -0.4 is 0 Å². The van der Waals surface area contributed by atoms with Crippen LogP contribution in [0.3, 0.4) is 0 Å². The Bertz CT molecular complexity index is 406. The zero-order valence-corrected chi connectivity index (χ0v) is 8.94. The summed E-state index contributed by atoms with van der Waals surface area (Å²) in [6.45, 7) is 1.81. The van der Waals surface area contributed by atoms with Gasteiger partial charge in [0.2, 0.25) is 0 Å². The molecule has 0 amide bonds. The highest BCUT2D eigenvalue weighted by molar-refractivity contribution is 5.75. The second-order valence-corrected chi connectivity index (χ2v) is 4.63. The molecule has 0 atom stereocenters. The Kier molecular flexibility index (Phi) is 1.92. The Labute approximate surface area is 88.9 Å². The maximum atomic E-state index is 10.9. The van der Waals surface area contributed by atoms with Crippen molar-refractivity contribution >= 4 is 6.29 Å². The summed E-state index contributed by atoms with van der Waals surface area (Å²) in [6, 6.07) is 0.555. The number of fused-ring (bicyclic) bond motifs is 1. The Morgan fingerprint density at radius 2 is 2.20 bits per heavy atom. The molecule has 1 aliphatic heterocycles. The number of aldehydes is 1. The lowest BCUT2D eigenvalue weighted by Gasteiger charge is -2.27. The summed E-state index contributed by atoms with van der Waals surface area (Å²) in [5.41, 5.74) is 3.07. The summed E-state index contributed by atoms with van der Waals surface area (Å²) >= 11 is 0. The number of nitrogens with zero attached hydrogens (tertiary/aromatic N) is 3. The second-order valence-electron chi connectivity index (χ2n) is 4.63. The van der Waals surface area contributed by atoms with Crippen molar-refractivity contribution in [1.29, 1.82) is 0 Å². The topological polar surface area (TPSA) is 38.1 Å². The lowest BCUT2D eigenvalue weighted by atomic mass is 9.93. The predicted molar refractivity (Wildman–Crippen MR) is 55.7 cm³/mol. The number of hydrogen-bond donors (Lipinski definition) is 0. The molecule has 0 radical (unpaired) electrons. The van der Waals surface area contributed by atoms with Gasteiger partial charge in [-0.15, -0.1) is 0 Å². The first kappa shape index (κ1) is 9.09. The fourth-order valence-electron chi connectivity index (χ4n) is 2.47. The summed E-state index contributed by atoms with van der Waals surface area (Å²) in [6.07, 6.45) is 4.63. The van der Waals surface area contributed by atoms with Gasteiger partial charge < -0.3 is 0 Å². The second kappa shape index (κ2) is 3.17. The fraction of sp³-hybridized carbons (Fsp3) is 0.636. The number of carbonyl (C=O) groups excluding carboxylic acids is 1. The van der Waals surface area contributed by atoms with Crippen molar-refractivity contribution in [2.75, 3.05) is 7.05 Å². The molecular weight excluding hydrogens is 190 g/mol. The molecule has 0 spiro atoms. The SMILES string of the molecule is CN1Cc2c(C=O)nn(C3CCC3)c2C1. The smallest absolute Gasteiger partial charge is 0.170 e. The molecule has 0 N–H and O–H groups in total. The van der Waals surface area contributed by atoms with Gasteiger partial charge in [-0.05, 0) is 26.3 Å². The van der Waals surface area contributed by atoms with Crippen LogP contribution in [0.5, 0.6) is 0 Å². The minimum Gasteiger partial charge on any atom is -0.296 e. The summed E-state index contributed by atoms with van der Waals surface area (Å²) in [7, 11) is 2.08. The minimum atomic E-state index is 0.555. The van der Waals surface area contributed by atoms with E-state index in [0.717, 1.165) is 24.9 Å². The van der Waals surface area contributed by atoms with Gasteiger partial charge in [-0.1, -0.05) is 0 Å². The quantitative estimate of drug-likeness (QED) is 0.684. The van der Waals surface area contributed by atoms with Gasteiger partial charge in [-0.25, -0.2) is 0 Å². The summed E-state index contributed by atoms with van der Waals surface area (Å²) in [5, 5.41) is 4.43. The Balaban J connectivity index is 2.04. The summed E-state index contributed by atoms with van der Waals surface area (Å²) in [5.74, 6) is 0. The Morgan fingerprint density at radius 1 is 1.40 bits per heavy atom. The van der Waals surface area contributed by atoms with E-state index >= 15 is 0 Å². The monoisotopic (exact) mass is 205 g/mol. The van der Waals surface area contributed by atoms with Crippen molar-refractivity contribution in [1.82, 2.24) is 14.7 Å². The highest BCUT2D eigenvalue weighted by atomic mass is 16.1.